The van der Waals surface area contributed by atoms with Gasteiger partial charge in [0.15, 0.2) is 0 Å². The molecule has 0 saturated heterocycles. The molecule has 4 atom stereocenters. The van der Waals surface area contributed by atoms with Crippen molar-refractivity contribution in [3.8, 4) is 0 Å². The second-order valence-corrected chi connectivity index (χ2v) is 10.6. The van der Waals surface area contributed by atoms with Crippen molar-refractivity contribution in [1.82, 2.24) is 30.9 Å². The molecular weight excluding hydrogens is 544 g/mol. The minimum Gasteiger partial charge on any atom is -0.480 e. The Balaban J connectivity index is 1.73. The number of amides is 4. The molecule has 0 bridgehead atoms. The van der Waals surface area contributed by atoms with E-state index in [-0.39, 0.29) is 38.0 Å². The van der Waals surface area contributed by atoms with Crippen LogP contribution in [0.4, 0.5) is 0 Å². The number of fused-ring (bicyclic) bond motifs is 1. The monoisotopic (exact) mass is 582 g/mol. The highest BCUT2D eigenvalue weighted by atomic mass is 16.4. The number of carbonyl (C=O) groups is 5. The lowest BCUT2D eigenvalue weighted by molar-refractivity contribution is -0.142. The van der Waals surface area contributed by atoms with Crippen molar-refractivity contribution < 1.29 is 29.1 Å². The standard InChI is InChI=1S/C28H38N8O6/c1-15(2)9-22(35-25(38)19(29)10-16-12-32-20-6-4-3-5-18(16)20)26(39)36-23(11-17-13-31-14-33-17)27(40)34-21(28(41)42)7-8-24(30)37/h3-6,12-15,19,21-23,32H,7-11,29H2,1-2H3,(H2,30,37)(H,31,33)(H,34,40)(H,35,38)(H,36,39)(H,41,42). The first-order valence-corrected chi connectivity index (χ1v) is 13.6. The average molecular weight is 583 g/mol. The molecule has 14 heteroatoms. The highest BCUT2D eigenvalue weighted by molar-refractivity contribution is 5.94. The fourth-order valence-electron chi connectivity index (χ4n) is 4.53. The van der Waals surface area contributed by atoms with Crippen LogP contribution in [0.3, 0.4) is 0 Å². The van der Waals surface area contributed by atoms with Gasteiger partial charge in [0.2, 0.25) is 23.6 Å². The number of para-hydroxylation sites is 1. The molecule has 0 spiro atoms. The fraction of sp³-hybridized carbons (Fsp3) is 0.429. The number of benzene rings is 1. The first-order chi connectivity index (χ1) is 19.9. The summed E-state index contributed by atoms with van der Waals surface area (Å²) >= 11 is 0. The average Bonchev–Trinajstić information content (AvgIpc) is 3.59. The van der Waals surface area contributed by atoms with Gasteiger partial charge in [-0.1, -0.05) is 32.0 Å². The van der Waals surface area contributed by atoms with E-state index in [4.69, 9.17) is 11.5 Å². The number of primary amides is 1. The number of nitrogens with two attached hydrogens (primary N) is 2. The number of carboxylic acid groups (broad SMARTS) is 1. The normalized spacial score (nSPS) is 14.1. The lowest BCUT2D eigenvalue weighted by Crippen LogP contribution is -2.58. The summed E-state index contributed by atoms with van der Waals surface area (Å²) in [6.07, 6.45) is 4.63. The number of carboxylic acids is 1. The number of aromatic amines is 2. The van der Waals surface area contributed by atoms with Crippen LogP contribution in [0.5, 0.6) is 0 Å². The van der Waals surface area contributed by atoms with Crippen molar-refractivity contribution in [3.63, 3.8) is 0 Å². The molecule has 42 heavy (non-hydrogen) atoms. The van der Waals surface area contributed by atoms with Crippen LogP contribution in [0.2, 0.25) is 0 Å². The molecule has 0 aliphatic rings. The van der Waals surface area contributed by atoms with Gasteiger partial charge in [-0.15, -0.1) is 0 Å². The van der Waals surface area contributed by atoms with E-state index < -0.39 is 53.8 Å². The number of H-pyrrole nitrogens is 2. The molecule has 0 saturated carbocycles. The number of rotatable bonds is 16. The zero-order valence-corrected chi connectivity index (χ0v) is 23.6. The van der Waals surface area contributed by atoms with E-state index >= 15 is 0 Å². The number of carbonyl (C=O) groups excluding carboxylic acids is 4. The Morgan fingerprint density at radius 3 is 2.24 bits per heavy atom. The Morgan fingerprint density at radius 1 is 0.929 bits per heavy atom. The minimum absolute atomic E-state index is 0.00374. The van der Waals surface area contributed by atoms with Gasteiger partial charge >= 0.3 is 5.97 Å². The highest BCUT2D eigenvalue weighted by Crippen LogP contribution is 2.19. The first-order valence-electron chi connectivity index (χ1n) is 13.6. The van der Waals surface area contributed by atoms with Crippen LogP contribution >= 0.6 is 0 Å². The van der Waals surface area contributed by atoms with Gasteiger partial charge in [0.1, 0.15) is 18.1 Å². The van der Waals surface area contributed by atoms with Crippen LogP contribution in [0, 0.1) is 5.92 Å². The van der Waals surface area contributed by atoms with Gasteiger partial charge in [0.25, 0.3) is 0 Å². The number of nitrogens with zero attached hydrogens (tertiary/aromatic N) is 1. The molecule has 3 aromatic rings. The topological polar surface area (TPSA) is 238 Å². The highest BCUT2D eigenvalue weighted by Gasteiger charge is 2.31. The summed E-state index contributed by atoms with van der Waals surface area (Å²) in [4.78, 5) is 72.5. The molecule has 0 aliphatic carbocycles. The summed E-state index contributed by atoms with van der Waals surface area (Å²) in [6, 6.07) is 3.03. The predicted octanol–water partition coefficient (Wildman–Crippen LogP) is -0.146. The maximum atomic E-state index is 13.5. The zero-order chi connectivity index (χ0) is 30.8. The predicted molar refractivity (Wildman–Crippen MR) is 154 cm³/mol. The van der Waals surface area contributed by atoms with Gasteiger partial charge in [-0.3, -0.25) is 19.2 Å². The third-order valence-electron chi connectivity index (χ3n) is 6.70. The van der Waals surface area contributed by atoms with E-state index in [2.05, 4.69) is 30.9 Å². The lowest BCUT2D eigenvalue weighted by atomic mass is 10.0. The van der Waals surface area contributed by atoms with E-state index in [1.54, 1.807) is 6.20 Å². The SMILES string of the molecule is CC(C)CC(NC(=O)C(N)Cc1c[nH]c2ccccc12)C(=O)NC(Cc1cnc[nH]1)C(=O)NC(CCC(N)=O)C(=O)O. The van der Waals surface area contributed by atoms with Crippen molar-refractivity contribution >= 4 is 40.5 Å². The second-order valence-electron chi connectivity index (χ2n) is 10.6. The molecule has 3 rings (SSSR count). The Bertz CT molecular complexity index is 1390. The number of aromatic nitrogens is 3. The van der Waals surface area contributed by atoms with Crippen LogP contribution in [0.15, 0.2) is 43.0 Å². The molecule has 4 unspecified atom stereocenters. The molecule has 0 aliphatic heterocycles. The summed E-state index contributed by atoms with van der Waals surface area (Å²) in [5, 5.41) is 18.2. The number of hydrogen-bond donors (Lipinski definition) is 8. The maximum absolute atomic E-state index is 13.5. The van der Waals surface area contributed by atoms with Crippen LogP contribution in [-0.2, 0) is 36.8 Å². The van der Waals surface area contributed by atoms with Gasteiger partial charge in [-0.25, -0.2) is 9.78 Å². The number of nitrogens with one attached hydrogen (secondary N) is 5. The maximum Gasteiger partial charge on any atom is 0.326 e. The summed E-state index contributed by atoms with van der Waals surface area (Å²) in [5.74, 6) is -4.04. The lowest BCUT2D eigenvalue weighted by Gasteiger charge is -2.26. The van der Waals surface area contributed by atoms with E-state index in [1.165, 1.54) is 12.5 Å². The van der Waals surface area contributed by atoms with Crippen molar-refractivity contribution in [1.29, 1.82) is 0 Å². The molecule has 2 heterocycles. The van der Waals surface area contributed by atoms with E-state index in [0.29, 0.717) is 5.69 Å². The van der Waals surface area contributed by atoms with Gasteiger partial charge < -0.3 is 42.5 Å². The molecule has 0 radical (unpaired) electrons. The summed E-state index contributed by atoms with van der Waals surface area (Å²) in [6.45, 7) is 3.76. The molecular formula is C28H38N8O6. The second kappa shape index (κ2) is 14.8. The Hall–Kier alpha value is -4.72. The van der Waals surface area contributed by atoms with Gasteiger partial charge in [0.05, 0.1) is 12.4 Å². The summed E-state index contributed by atoms with van der Waals surface area (Å²) in [7, 11) is 0. The Labute approximate surface area is 242 Å². The number of imidazole rings is 1. The first kappa shape index (κ1) is 31.8. The Morgan fingerprint density at radius 2 is 1.60 bits per heavy atom. The van der Waals surface area contributed by atoms with Crippen LogP contribution in [0.25, 0.3) is 10.9 Å². The molecule has 2 aromatic heterocycles. The molecule has 10 N–H and O–H groups in total. The van der Waals surface area contributed by atoms with Crippen LogP contribution in [-0.4, -0.2) is 73.8 Å². The summed E-state index contributed by atoms with van der Waals surface area (Å²) in [5.41, 5.74) is 13.6. The zero-order valence-electron chi connectivity index (χ0n) is 23.6. The van der Waals surface area contributed by atoms with E-state index in [1.807, 2.05) is 38.1 Å². The summed E-state index contributed by atoms with van der Waals surface area (Å²) < 4.78 is 0. The van der Waals surface area contributed by atoms with Gasteiger partial charge in [-0.2, -0.15) is 0 Å². The molecule has 0 fully saturated rings. The molecule has 14 nitrogen and oxygen atoms in total. The van der Waals surface area contributed by atoms with Gasteiger partial charge in [0, 0.05) is 41.8 Å². The largest absolute Gasteiger partial charge is 0.480 e. The van der Waals surface area contributed by atoms with Crippen molar-refractivity contribution in [2.75, 3.05) is 0 Å². The molecule has 226 valence electrons. The third-order valence-corrected chi connectivity index (χ3v) is 6.70. The van der Waals surface area contributed by atoms with E-state index in [0.717, 1.165) is 16.5 Å². The Kier molecular flexibility index (Phi) is 11.2. The minimum atomic E-state index is -1.40. The third kappa shape index (κ3) is 9.16. The quantitative estimate of drug-likeness (QED) is 0.113. The number of aliphatic carboxylic acids is 1. The van der Waals surface area contributed by atoms with Crippen LogP contribution < -0.4 is 27.4 Å². The number of hydrogen-bond acceptors (Lipinski definition) is 7. The smallest absolute Gasteiger partial charge is 0.326 e. The molecule has 4 amide bonds. The van der Waals surface area contributed by atoms with E-state index in [9.17, 15) is 29.1 Å². The van der Waals surface area contributed by atoms with Crippen molar-refractivity contribution in [2.45, 2.75) is 70.1 Å². The van der Waals surface area contributed by atoms with Gasteiger partial charge in [-0.05, 0) is 36.8 Å². The fourth-order valence-corrected chi connectivity index (χ4v) is 4.53. The van der Waals surface area contributed by atoms with Crippen molar-refractivity contribution in [2.24, 2.45) is 17.4 Å². The van der Waals surface area contributed by atoms with Crippen molar-refractivity contribution in [3.05, 3.63) is 54.2 Å². The molecule has 1 aromatic carbocycles. The van der Waals surface area contributed by atoms with Crippen LogP contribution in [0.1, 0.15) is 44.4 Å².